The number of ether oxygens (including phenoxy) is 1. The molecule has 0 aliphatic heterocycles. The van der Waals surface area contributed by atoms with E-state index in [4.69, 9.17) is 16.2 Å². The van der Waals surface area contributed by atoms with Crippen LogP contribution in [-0.2, 0) is 6.42 Å². The lowest BCUT2D eigenvalue weighted by Crippen LogP contribution is -2.29. The van der Waals surface area contributed by atoms with Gasteiger partial charge in [-0.2, -0.15) is 0 Å². The van der Waals surface area contributed by atoms with Crippen LogP contribution in [0, 0.1) is 0 Å². The number of hydrogen-bond acceptors (Lipinski definition) is 3. The number of aromatic nitrogens is 1. The van der Waals surface area contributed by atoms with Gasteiger partial charge < -0.3 is 21.2 Å². The van der Waals surface area contributed by atoms with Gasteiger partial charge in [0.1, 0.15) is 5.75 Å². The Kier molecular flexibility index (Phi) is 3.66. The molecule has 0 fully saturated rings. The number of nitrogens with one attached hydrogen (secondary N) is 1. The molecule has 0 aliphatic rings. The molecule has 4 heteroatoms. The van der Waals surface area contributed by atoms with E-state index in [0.29, 0.717) is 6.54 Å². The Hall–Kier alpha value is -1.52. The highest BCUT2D eigenvalue weighted by Crippen LogP contribution is 2.24. The fraction of sp³-hybridized carbons (Fsp3) is 0.385. The van der Waals surface area contributed by atoms with Crippen LogP contribution in [-0.4, -0.2) is 24.7 Å². The Labute approximate surface area is 101 Å². The summed E-state index contributed by atoms with van der Waals surface area (Å²) in [6, 6.07) is 6.14. The molecule has 1 atom stereocenters. The number of fused-ring (bicyclic) bond motifs is 1. The number of hydrogen-bond donors (Lipinski definition) is 3. The van der Waals surface area contributed by atoms with Gasteiger partial charge in [-0.25, -0.2) is 0 Å². The molecular formula is C13H19N3O. The second-order valence-electron chi connectivity index (χ2n) is 4.26. The average Bonchev–Trinajstić information content (AvgIpc) is 2.77. The molecule has 5 N–H and O–H groups in total. The zero-order valence-corrected chi connectivity index (χ0v) is 10.1. The molecule has 1 unspecified atom stereocenters. The van der Waals surface area contributed by atoms with Crippen LogP contribution < -0.4 is 16.2 Å². The van der Waals surface area contributed by atoms with Crippen molar-refractivity contribution in [2.24, 2.45) is 11.5 Å². The fourth-order valence-corrected chi connectivity index (χ4v) is 1.96. The molecule has 0 spiro atoms. The van der Waals surface area contributed by atoms with Gasteiger partial charge in [-0.3, -0.25) is 0 Å². The molecule has 0 saturated heterocycles. The standard InChI is InChI=1S/C13H19N3O/c1-17-11-4-5-12-9(2-3-10(15)7-14)8-16-13(12)6-11/h4-6,8,10,16H,2-3,7,14-15H2,1H3. The topological polar surface area (TPSA) is 77.1 Å². The van der Waals surface area contributed by atoms with Gasteiger partial charge in [0.15, 0.2) is 0 Å². The lowest BCUT2D eigenvalue weighted by atomic mass is 10.0. The first kappa shape index (κ1) is 12.0. The lowest BCUT2D eigenvalue weighted by molar-refractivity contribution is 0.415. The maximum atomic E-state index is 5.82. The first-order valence-electron chi connectivity index (χ1n) is 5.84. The second-order valence-corrected chi connectivity index (χ2v) is 4.26. The number of methoxy groups -OCH3 is 1. The Morgan fingerprint density at radius 3 is 2.94 bits per heavy atom. The third-order valence-corrected chi connectivity index (χ3v) is 3.06. The molecule has 1 aromatic carbocycles. The van der Waals surface area contributed by atoms with Crippen molar-refractivity contribution in [3.63, 3.8) is 0 Å². The normalized spacial score (nSPS) is 12.9. The van der Waals surface area contributed by atoms with E-state index in [1.165, 1.54) is 10.9 Å². The molecular weight excluding hydrogens is 214 g/mol. The summed E-state index contributed by atoms with van der Waals surface area (Å²) in [4.78, 5) is 3.25. The number of rotatable bonds is 5. The monoisotopic (exact) mass is 233 g/mol. The quantitative estimate of drug-likeness (QED) is 0.730. The molecule has 1 aromatic heterocycles. The molecule has 2 rings (SSSR count). The Morgan fingerprint density at radius 2 is 2.24 bits per heavy atom. The van der Waals surface area contributed by atoms with Gasteiger partial charge in [0, 0.05) is 35.8 Å². The summed E-state index contributed by atoms with van der Waals surface area (Å²) < 4.78 is 5.19. The Balaban J connectivity index is 2.18. The first-order valence-corrected chi connectivity index (χ1v) is 5.84. The molecule has 0 saturated carbocycles. The summed E-state index contributed by atoms with van der Waals surface area (Å²) in [7, 11) is 1.67. The minimum absolute atomic E-state index is 0.0817. The van der Waals surface area contributed by atoms with Gasteiger partial charge in [0.25, 0.3) is 0 Å². The van der Waals surface area contributed by atoms with Gasteiger partial charge in [-0.05, 0) is 30.5 Å². The highest BCUT2D eigenvalue weighted by atomic mass is 16.5. The van der Waals surface area contributed by atoms with Crippen LogP contribution in [0.1, 0.15) is 12.0 Å². The summed E-state index contributed by atoms with van der Waals surface area (Å²) in [5.41, 5.74) is 13.7. The first-order chi connectivity index (χ1) is 8.24. The van der Waals surface area contributed by atoms with Crippen molar-refractivity contribution in [2.75, 3.05) is 13.7 Å². The molecule has 17 heavy (non-hydrogen) atoms. The largest absolute Gasteiger partial charge is 0.497 e. The predicted octanol–water partition coefficient (Wildman–Crippen LogP) is 1.40. The molecule has 0 aliphatic carbocycles. The molecule has 2 aromatic rings. The number of H-pyrrole nitrogens is 1. The number of nitrogens with two attached hydrogens (primary N) is 2. The molecule has 0 radical (unpaired) electrons. The molecule has 0 bridgehead atoms. The maximum Gasteiger partial charge on any atom is 0.120 e. The van der Waals surface area contributed by atoms with Gasteiger partial charge in [-0.1, -0.05) is 0 Å². The number of benzene rings is 1. The highest BCUT2D eigenvalue weighted by Gasteiger charge is 2.06. The lowest BCUT2D eigenvalue weighted by Gasteiger charge is -2.07. The van der Waals surface area contributed by atoms with Crippen LogP contribution in [0.25, 0.3) is 10.9 Å². The highest BCUT2D eigenvalue weighted by molar-refractivity contribution is 5.84. The summed E-state index contributed by atoms with van der Waals surface area (Å²) in [6.45, 7) is 0.538. The third-order valence-electron chi connectivity index (χ3n) is 3.06. The van der Waals surface area contributed by atoms with Crippen LogP contribution in [0.4, 0.5) is 0 Å². The van der Waals surface area contributed by atoms with Crippen molar-refractivity contribution in [1.82, 2.24) is 4.98 Å². The van der Waals surface area contributed by atoms with E-state index in [1.54, 1.807) is 7.11 Å². The van der Waals surface area contributed by atoms with E-state index in [0.717, 1.165) is 24.1 Å². The average molecular weight is 233 g/mol. The Bertz CT molecular complexity index is 492. The van der Waals surface area contributed by atoms with Crippen molar-refractivity contribution in [3.05, 3.63) is 30.0 Å². The van der Waals surface area contributed by atoms with Crippen molar-refractivity contribution < 1.29 is 4.74 Å². The Morgan fingerprint density at radius 1 is 1.41 bits per heavy atom. The number of aryl methyl sites for hydroxylation is 1. The molecule has 4 nitrogen and oxygen atoms in total. The van der Waals surface area contributed by atoms with Crippen molar-refractivity contribution in [1.29, 1.82) is 0 Å². The van der Waals surface area contributed by atoms with E-state index >= 15 is 0 Å². The maximum absolute atomic E-state index is 5.82. The van der Waals surface area contributed by atoms with Gasteiger partial charge >= 0.3 is 0 Å². The van der Waals surface area contributed by atoms with Gasteiger partial charge in [-0.15, -0.1) is 0 Å². The van der Waals surface area contributed by atoms with Crippen LogP contribution in [0.3, 0.4) is 0 Å². The predicted molar refractivity (Wildman–Crippen MR) is 70.2 cm³/mol. The SMILES string of the molecule is COc1ccc2c(CCC(N)CN)c[nH]c2c1. The third kappa shape index (κ3) is 2.60. The zero-order valence-electron chi connectivity index (χ0n) is 10.1. The van der Waals surface area contributed by atoms with Crippen molar-refractivity contribution in [2.45, 2.75) is 18.9 Å². The van der Waals surface area contributed by atoms with Crippen molar-refractivity contribution >= 4 is 10.9 Å². The van der Waals surface area contributed by atoms with Crippen LogP contribution in [0.2, 0.25) is 0 Å². The van der Waals surface area contributed by atoms with E-state index < -0.39 is 0 Å². The summed E-state index contributed by atoms with van der Waals surface area (Å²) >= 11 is 0. The van der Waals surface area contributed by atoms with E-state index in [2.05, 4.69) is 11.1 Å². The molecule has 0 amide bonds. The van der Waals surface area contributed by atoms with Gasteiger partial charge in [0.05, 0.1) is 7.11 Å². The number of aromatic amines is 1. The minimum atomic E-state index is 0.0817. The molecule has 92 valence electrons. The van der Waals surface area contributed by atoms with Gasteiger partial charge in [0.2, 0.25) is 0 Å². The van der Waals surface area contributed by atoms with E-state index in [1.807, 2.05) is 18.3 Å². The fourth-order valence-electron chi connectivity index (χ4n) is 1.96. The minimum Gasteiger partial charge on any atom is -0.497 e. The van der Waals surface area contributed by atoms with E-state index in [-0.39, 0.29) is 6.04 Å². The van der Waals surface area contributed by atoms with Crippen LogP contribution in [0.5, 0.6) is 5.75 Å². The van der Waals surface area contributed by atoms with Crippen molar-refractivity contribution in [3.8, 4) is 5.75 Å². The van der Waals surface area contributed by atoms with Crippen LogP contribution in [0.15, 0.2) is 24.4 Å². The summed E-state index contributed by atoms with van der Waals surface area (Å²) in [5, 5.41) is 1.23. The second kappa shape index (κ2) is 5.21. The summed E-state index contributed by atoms with van der Waals surface area (Å²) in [5.74, 6) is 0.865. The summed E-state index contributed by atoms with van der Waals surface area (Å²) in [6.07, 6.45) is 3.90. The van der Waals surface area contributed by atoms with E-state index in [9.17, 15) is 0 Å². The molecule has 1 heterocycles. The van der Waals surface area contributed by atoms with Crippen LogP contribution >= 0.6 is 0 Å². The zero-order chi connectivity index (χ0) is 12.3. The smallest absolute Gasteiger partial charge is 0.120 e.